The Labute approximate surface area is 102 Å². The first kappa shape index (κ1) is 10.8. The molecule has 0 radical (unpaired) electrons. The summed E-state index contributed by atoms with van der Waals surface area (Å²) in [6.45, 7) is 0. The number of halogens is 3. The highest BCUT2D eigenvalue weighted by Gasteiger charge is 2.14. The molecule has 2 aromatic rings. The van der Waals surface area contributed by atoms with Crippen LogP contribution in [0.25, 0.3) is 5.69 Å². The van der Waals surface area contributed by atoms with E-state index < -0.39 is 0 Å². The largest absolute Gasteiger partial charge is 0.285 e. The third kappa shape index (κ3) is 1.98. The van der Waals surface area contributed by atoms with Crippen molar-refractivity contribution in [2.75, 3.05) is 0 Å². The first-order valence-corrected chi connectivity index (χ1v) is 5.57. The molecule has 1 aromatic carbocycles. The van der Waals surface area contributed by atoms with Gasteiger partial charge in [0.1, 0.15) is 0 Å². The van der Waals surface area contributed by atoms with E-state index in [-0.39, 0.29) is 5.88 Å². The van der Waals surface area contributed by atoms with Crippen LogP contribution in [0.5, 0.6) is 0 Å². The molecule has 0 unspecified atom stereocenters. The van der Waals surface area contributed by atoms with Crippen LogP contribution in [-0.2, 0) is 5.88 Å². The Kier molecular flexibility index (Phi) is 3.19. The highest BCUT2D eigenvalue weighted by molar-refractivity contribution is 6.33. The molecule has 0 atom stereocenters. The Hall–Kier alpha value is -0.700. The topological polar surface area (TPSA) is 17.8 Å². The number of aromatic nitrogens is 2. The maximum absolute atomic E-state index is 5.97. The van der Waals surface area contributed by atoms with E-state index in [9.17, 15) is 0 Å². The fraction of sp³-hybridized carbons (Fsp3) is 0.100. The van der Waals surface area contributed by atoms with Gasteiger partial charge in [-0.15, -0.1) is 11.6 Å². The number of nitrogens with zero attached hydrogens (tertiary/aromatic N) is 2. The van der Waals surface area contributed by atoms with E-state index in [4.69, 9.17) is 34.8 Å². The minimum Gasteiger partial charge on any atom is -0.285 e. The van der Waals surface area contributed by atoms with Gasteiger partial charge in [0, 0.05) is 5.69 Å². The standard InChI is InChI=1S/C10H7Cl3N2/c11-6-8-9(12)14-10(13)15(8)7-4-2-1-3-5-7/h1-5H,6H2. The molecule has 0 aliphatic rings. The number of benzene rings is 1. The van der Waals surface area contributed by atoms with Gasteiger partial charge >= 0.3 is 0 Å². The van der Waals surface area contributed by atoms with E-state index in [0.29, 0.717) is 16.1 Å². The van der Waals surface area contributed by atoms with Crippen LogP contribution >= 0.6 is 34.8 Å². The van der Waals surface area contributed by atoms with Gasteiger partial charge in [-0.05, 0) is 23.7 Å². The van der Waals surface area contributed by atoms with Gasteiger partial charge in [0.25, 0.3) is 0 Å². The average Bonchev–Trinajstić information content (AvgIpc) is 2.54. The molecule has 78 valence electrons. The summed E-state index contributed by atoms with van der Waals surface area (Å²) in [6, 6.07) is 9.59. The summed E-state index contributed by atoms with van der Waals surface area (Å²) < 4.78 is 1.73. The van der Waals surface area contributed by atoms with E-state index in [0.717, 1.165) is 5.69 Å². The third-order valence-electron chi connectivity index (χ3n) is 2.02. The summed E-state index contributed by atoms with van der Waals surface area (Å²) in [5.74, 6) is 0.271. The van der Waals surface area contributed by atoms with Crippen LogP contribution in [0.3, 0.4) is 0 Å². The monoisotopic (exact) mass is 260 g/mol. The maximum Gasteiger partial charge on any atom is 0.209 e. The summed E-state index contributed by atoms with van der Waals surface area (Å²) in [4.78, 5) is 3.97. The molecular weight excluding hydrogens is 254 g/mol. The molecule has 0 saturated carbocycles. The SMILES string of the molecule is ClCc1c(Cl)nc(Cl)n1-c1ccccc1. The fourth-order valence-corrected chi connectivity index (χ4v) is 2.23. The van der Waals surface area contributed by atoms with E-state index in [1.54, 1.807) is 4.57 Å². The number of hydrogen-bond donors (Lipinski definition) is 0. The summed E-state index contributed by atoms with van der Waals surface area (Å²) >= 11 is 17.7. The minimum atomic E-state index is 0.271. The molecule has 1 heterocycles. The lowest BCUT2D eigenvalue weighted by molar-refractivity contribution is 0.993. The highest BCUT2D eigenvalue weighted by Crippen LogP contribution is 2.26. The zero-order valence-electron chi connectivity index (χ0n) is 7.62. The van der Waals surface area contributed by atoms with Crippen molar-refractivity contribution in [3.63, 3.8) is 0 Å². The number of imidazole rings is 1. The highest BCUT2D eigenvalue weighted by atomic mass is 35.5. The van der Waals surface area contributed by atoms with E-state index in [1.165, 1.54) is 0 Å². The summed E-state index contributed by atoms with van der Waals surface area (Å²) in [7, 11) is 0. The van der Waals surface area contributed by atoms with Gasteiger partial charge in [-0.2, -0.15) is 0 Å². The van der Waals surface area contributed by atoms with Crippen LogP contribution < -0.4 is 0 Å². The van der Waals surface area contributed by atoms with Crippen molar-refractivity contribution in [2.24, 2.45) is 0 Å². The van der Waals surface area contributed by atoms with Gasteiger partial charge in [0.05, 0.1) is 11.6 Å². The zero-order chi connectivity index (χ0) is 10.8. The van der Waals surface area contributed by atoms with Crippen molar-refractivity contribution in [2.45, 2.75) is 5.88 Å². The van der Waals surface area contributed by atoms with Gasteiger partial charge < -0.3 is 0 Å². The molecule has 1 aromatic heterocycles. The lowest BCUT2D eigenvalue weighted by Gasteiger charge is -2.06. The lowest BCUT2D eigenvalue weighted by Crippen LogP contribution is -1.98. The van der Waals surface area contributed by atoms with Crippen LogP contribution in [0.2, 0.25) is 10.4 Å². The first-order valence-electron chi connectivity index (χ1n) is 4.28. The Morgan fingerprint density at radius 3 is 2.40 bits per heavy atom. The quantitative estimate of drug-likeness (QED) is 0.749. The van der Waals surface area contributed by atoms with E-state index in [1.807, 2.05) is 30.3 Å². The minimum absolute atomic E-state index is 0.271. The number of rotatable bonds is 2. The van der Waals surface area contributed by atoms with Gasteiger partial charge in [-0.3, -0.25) is 4.57 Å². The predicted octanol–water partition coefficient (Wildman–Crippen LogP) is 3.92. The van der Waals surface area contributed by atoms with Crippen LogP contribution in [0.1, 0.15) is 5.69 Å². The van der Waals surface area contributed by atoms with E-state index in [2.05, 4.69) is 4.98 Å². The zero-order valence-corrected chi connectivity index (χ0v) is 9.89. The van der Waals surface area contributed by atoms with Gasteiger partial charge in [-0.25, -0.2) is 4.98 Å². The van der Waals surface area contributed by atoms with Crippen molar-refractivity contribution in [3.05, 3.63) is 46.5 Å². The Bertz CT molecular complexity index is 465. The molecule has 15 heavy (non-hydrogen) atoms. The third-order valence-corrected chi connectivity index (χ3v) is 2.83. The smallest absolute Gasteiger partial charge is 0.209 e. The van der Waals surface area contributed by atoms with Gasteiger partial charge in [-0.1, -0.05) is 29.8 Å². The maximum atomic E-state index is 5.97. The second kappa shape index (κ2) is 4.44. The molecule has 0 fully saturated rings. The Morgan fingerprint density at radius 2 is 1.80 bits per heavy atom. The molecule has 0 amide bonds. The molecule has 0 N–H and O–H groups in total. The van der Waals surface area contributed by atoms with Crippen LogP contribution in [0, 0.1) is 0 Å². The molecule has 2 rings (SSSR count). The second-order valence-corrected chi connectivity index (χ2v) is 3.89. The van der Waals surface area contributed by atoms with E-state index >= 15 is 0 Å². The van der Waals surface area contributed by atoms with Crippen molar-refractivity contribution in [1.29, 1.82) is 0 Å². The molecule has 0 bridgehead atoms. The first-order chi connectivity index (χ1) is 7.24. The van der Waals surface area contributed by atoms with Crippen LogP contribution in [0.4, 0.5) is 0 Å². The number of alkyl halides is 1. The summed E-state index contributed by atoms with van der Waals surface area (Å²) in [6.07, 6.45) is 0. The van der Waals surface area contributed by atoms with Crippen LogP contribution in [0.15, 0.2) is 30.3 Å². The molecule has 0 aliphatic carbocycles. The summed E-state index contributed by atoms with van der Waals surface area (Å²) in [5.41, 5.74) is 1.60. The fourth-order valence-electron chi connectivity index (χ4n) is 1.35. The molecule has 0 spiro atoms. The van der Waals surface area contributed by atoms with Crippen LogP contribution in [-0.4, -0.2) is 9.55 Å². The second-order valence-electron chi connectivity index (χ2n) is 2.92. The summed E-state index contributed by atoms with van der Waals surface area (Å²) in [5, 5.41) is 0.667. The van der Waals surface area contributed by atoms with Crippen molar-refractivity contribution in [3.8, 4) is 5.69 Å². The van der Waals surface area contributed by atoms with Crippen molar-refractivity contribution < 1.29 is 0 Å². The molecule has 0 saturated heterocycles. The molecular formula is C10H7Cl3N2. The molecule has 0 aliphatic heterocycles. The van der Waals surface area contributed by atoms with Crippen molar-refractivity contribution in [1.82, 2.24) is 9.55 Å². The Balaban J connectivity index is 2.62. The lowest BCUT2D eigenvalue weighted by atomic mass is 10.3. The van der Waals surface area contributed by atoms with Gasteiger partial charge in [0.15, 0.2) is 5.15 Å². The molecule has 5 heteroatoms. The predicted molar refractivity (Wildman–Crippen MR) is 63.1 cm³/mol. The normalized spacial score (nSPS) is 10.6. The number of hydrogen-bond acceptors (Lipinski definition) is 1. The Morgan fingerprint density at radius 1 is 1.13 bits per heavy atom. The number of para-hydroxylation sites is 1. The average molecular weight is 262 g/mol. The van der Waals surface area contributed by atoms with Crippen molar-refractivity contribution >= 4 is 34.8 Å². The van der Waals surface area contributed by atoms with Gasteiger partial charge in [0.2, 0.25) is 5.28 Å². The molecule has 2 nitrogen and oxygen atoms in total.